The fourth-order valence-corrected chi connectivity index (χ4v) is 6.55. The smallest absolute Gasteiger partial charge is 0.187 e. The van der Waals surface area contributed by atoms with Crippen molar-refractivity contribution in [3.8, 4) is 0 Å². The van der Waals surface area contributed by atoms with Crippen molar-refractivity contribution >= 4 is 38.5 Å². The normalized spacial score (nSPS) is 19.9. The fraction of sp³-hybridized carbons (Fsp3) is 0.550. The number of nitrogens with zero attached hydrogens (tertiary/aromatic N) is 2. The van der Waals surface area contributed by atoms with Crippen LogP contribution in [0.5, 0.6) is 0 Å². The Bertz CT molecular complexity index is 942. The van der Waals surface area contributed by atoms with Crippen molar-refractivity contribution in [3.05, 3.63) is 39.6 Å². The zero-order valence-corrected chi connectivity index (χ0v) is 19.2. The lowest BCUT2D eigenvalue weighted by Gasteiger charge is -2.39. The fourth-order valence-electron chi connectivity index (χ4n) is 3.92. The third-order valence-corrected chi connectivity index (χ3v) is 8.35. The van der Waals surface area contributed by atoms with Gasteiger partial charge in [-0.3, -0.25) is 4.39 Å². The molecule has 166 valence electrons. The van der Waals surface area contributed by atoms with E-state index in [0.717, 1.165) is 31.7 Å². The van der Waals surface area contributed by atoms with Gasteiger partial charge in [-0.2, -0.15) is 0 Å². The molecule has 0 radical (unpaired) electrons. The lowest BCUT2D eigenvalue weighted by Crippen LogP contribution is -2.47. The number of likely N-dealkylation sites (N-methyl/N-ethyl adjacent to an activating group) is 1. The van der Waals surface area contributed by atoms with Crippen molar-refractivity contribution in [2.75, 3.05) is 25.6 Å². The minimum Gasteiger partial charge on any atom is -0.379 e. The molecule has 1 aliphatic carbocycles. The van der Waals surface area contributed by atoms with Crippen LogP contribution in [-0.2, 0) is 15.6 Å². The second kappa shape index (κ2) is 10.3. The van der Waals surface area contributed by atoms with E-state index in [0.29, 0.717) is 23.7 Å². The van der Waals surface area contributed by atoms with Crippen LogP contribution in [0, 0.1) is 5.82 Å². The molecule has 2 aromatic rings. The number of nitrogens with one attached hydrogen (secondary N) is 1. The van der Waals surface area contributed by atoms with Crippen LogP contribution < -0.4 is 5.32 Å². The molecule has 0 spiro atoms. The Morgan fingerprint density at radius 1 is 1.33 bits per heavy atom. The molecule has 3 rings (SSSR count). The van der Waals surface area contributed by atoms with Crippen molar-refractivity contribution < 1.29 is 17.2 Å². The first-order valence-corrected chi connectivity index (χ1v) is 12.9. The number of aromatic nitrogens is 1. The van der Waals surface area contributed by atoms with Crippen molar-refractivity contribution in [1.82, 2.24) is 9.88 Å². The molecule has 0 amide bonds. The Morgan fingerprint density at radius 3 is 2.80 bits per heavy atom. The van der Waals surface area contributed by atoms with Gasteiger partial charge in [0, 0.05) is 30.2 Å². The topological polar surface area (TPSA) is 62.3 Å². The van der Waals surface area contributed by atoms with Gasteiger partial charge >= 0.3 is 0 Å². The third kappa shape index (κ3) is 5.69. The highest BCUT2D eigenvalue weighted by Gasteiger charge is 2.29. The van der Waals surface area contributed by atoms with Gasteiger partial charge in [0.1, 0.15) is 21.5 Å². The molecular formula is C20H26ClF2N3O2S2. The van der Waals surface area contributed by atoms with E-state index in [1.165, 1.54) is 23.6 Å². The average Bonchev–Trinajstić information content (AvgIpc) is 3.21. The maximum Gasteiger partial charge on any atom is 0.187 e. The molecule has 2 atom stereocenters. The highest BCUT2D eigenvalue weighted by atomic mass is 35.5. The van der Waals surface area contributed by atoms with Gasteiger partial charge in [0.25, 0.3) is 0 Å². The number of hydrogen-bond donors (Lipinski definition) is 1. The van der Waals surface area contributed by atoms with E-state index in [9.17, 15) is 17.2 Å². The van der Waals surface area contributed by atoms with Gasteiger partial charge < -0.3 is 10.2 Å². The zero-order valence-electron chi connectivity index (χ0n) is 16.8. The lowest BCUT2D eigenvalue weighted by atomic mass is 9.89. The molecule has 0 saturated heterocycles. The maximum atomic E-state index is 14.8. The standard InChI is InChI=1S/C20H26ClF2N3O2S2/c1-26(9-4-7-22)18-6-3-2-5-16(18)25-17-12-15(23)19(11-14(17)21)30(27,28)13-20-24-8-10-29-20/h8,10-12,16,18,25H,2-7,9,13H2,1H3/t16-,18-/m0/s1. The van der Waals surface area contributed by atoms with Crippen LogP contribution in [-0.4, -0.2) is 50.7 Å². The van der Waals surface area contributed by atoms with E-state index in [4.69, 9.17) is 11.6 Å². The molecular weight excluding hydrogens is 452 g/mol. The summed E-state index contributed by atoms with van der Waals surface area (Å²) in [5.74, 6) is -1.20. The summed E-state index contributed by atoms with van der Waals surface area (Å²) < 4.78 is 52.6. The molecule has 1 aliphatic rings. The largest absolute Gasteiger partial charge is 0.379 e. The number of rotatable bonds is 9. The third-order valence-electron chi connectivity index (χ3n) is 5.43. The summed E-state index contributed by atoms with van der Waals surface area (Å²) in [5.41, 5.74) is 0.373. The minimum atomic E-state index is -3.90. The summed E-state index contributed by atoms with van der Waals surface area (Å²) in [4.78, 5) is 5.67. The minimum absolute atomic E-state index is 0.0260. The van der Waals surface area contributed by atoms with E-state index in [-0.39, 0.29) is 29.5 Å². The summed E-state index contributed by atoms with van der Waals surface area (Å²) in [6, 6.07) is 2.53. The number of benzene rings is 1. The molecule has 5 nitrogen and oxygen atoms in total. The van der Waals surface area contributed by atoms with Crippen LogP contribution in [0.1, 0.15) is 37.1 Å². The predicted molar refractivity (Wildman–Crippen MR) is 117 cm³/mol. The van der Waals surface area contributed by atoms with E-state index >= 15 is 0 Å². The Balaban J connectivity index is 1.79. The molecule has 10 heteroatoms. The first-order valence-electron chi connectivity index (χ1n) is 9.94. The SMILES string of the molecule is CN(CCCF)[C@H]1CCCC[C@@H]1Nc1cc(F)c(S(=O)(=O)Cc2nccs2)cc1Cl. The number of sulfone groups is 1. The van der Waals surface area contributed by atoms with Gasteiger partial charge in [-0.1, -0.05) is 24.4 Å². The van der Waals surface area contributed by atoms with Crippen LogP contribution in [0.15, 0.2) is 28.6 Å². The molecule has 1 aromatic carbocycles. The lowest BCUT2D eigenvalue weighted by molar-refractivity contribution is 0.171. The Labute approximate surface area is 185 Å². The highest BCUT2D eigenvalue weighted by Crippen LogP contribution is 2.33. The first-order chi connectivity index (χ1) is 14.3. The van der Waals surface area contributed by atoms with Crippen molar-refractivity contribution in [2.45, 2.75) is 54.8 Å². The number of alkyl halides is 1. The molecule has 0 bridgehead atoms. The summed E-state index contributed by atoms with van der Waals surface area (Å²) in [7, 11) is -1.93. The average molecular weight is 478 g/mol. The first kappa shape index (κ1) is 23.4. The molecule has 30 heavy (non-hydrogen) atoms. The Kier molecular flexibility index (Phi) is 8.06. The van der Waals surface area contributed by atoms with Crippen LogP contribution >= 0.6 is 22.9 Å². The number of halogens is 3. The summed E-state index contributed by atoms with van der Waals surface area (Å²) in [6.07, 6.45) is 5.94. The predicted octanol–water partition coefficient (Wildman–Crippen LogP) is 4.92. The quantitative estimate of drug-likeness (QED) is 0.555. The molecule has 1 N–H and O–H groups in total. The molecule has 1 aromatic heterocycles. The van der Waals surface area contributed by atoms with E-state index in [2.05, 4.69) is 15.2 Å². The molecule has 1 fully saturated rings. The Hall–Kier alpha value is -1.29. The van der Waals surface area contributed by atoms with E-state index in [1.54, 1.807) is 5.38 Å². The number of thiazole rings is 1. The summed E-state index contributed by atoms with van der Waals surface area (Å²) in [6.45, 7) is 0.290. The summed E-state index contributed by atoms with van der Waals surface area (Å²) >= 11 is 7.55. The van der Waals surface area contributed by atoms with Gasteiger partial charge in [0.15, 0.2) is 9.84 Å². The number of anilines is 1. The van der Waals surface area contributed by atoms with E-state index in [1.807, 2.05) is 7.05 Å². The van der Waals surface area contributed by atoms with Crippen molar-refractivity contribution in [1.29, 1.82) is 0 Å². The zero-order chi connectivity index (χ0) is 21.7. The van der Waals surface area contributed by atoms with Crippen molar-refractivity contribution in [2.24, 2.45) is 0 Å². The van der Waals surface area contributed by atoms with Crippen LogP contribution in [0.3, 0.4) is 0 Å². The van der Waals surface area contributed by atoms with E-state index < -0.39 is 20.5 Å². The molecule has 1 saturated carbocycles. The highest BCUT2D eigenvalue weighted by molar-refractivity contribution is 7.90. The van der Waals surface area contributed by atoms with Gasteiger partial charge in [-0.15, -0.1) is 11.3 Å². The van der Waals surface area contributed by atoms with Gasteiger partial charge in [-0.05, 0) is 38.4 Å². The monoisotopic (exact) mass is 477 g/mol. The second-order valence-electron chi connectivity index (χ2n) is 7.57. The van der Waals surface area contributed by atoms with Gasteiger partial charge in [0.05, 0.1) is 17.4 Å². The van der Waals surface area contributed by atoms with Crippen LogP contribution in [0.25, 0.3) is 0 Å². The summed E-state index contributed by atoms with van der Waals surface area (Å²) in [5, 5.41) is 5.54. The van der Waals surface area contributed by atoms with Crippen LogP contribution in [0.2, 0.25) is 5.02 Å². The maximum absolute atomic E-state index is 14.8. The second-order valence-corrected chi connectivity index (χ2v) is 10.9. The molecule has 0 aliphatic heterocycles. The Morgan fingerprint density at radius 2 is 2.10 bits per heavy atom. The van der Waals surface area contributed by atoms with Gasteiger partial charge in [0.2, 0.25) is 0 Å². The molecule has 1 heterocycles. The van der Waals surface area contributed by atoms with Crippen LogP contribution in [0.4, 0.5) is 14.5 Å². The van der Waals surface area contributed by atoms with Crippen molar-refractivity contribution in [3.63, 3.8) is 0 Å². The van der Waals surface area contributed by atoms with Gasteiger partial charge in [-0.25, -0.2) is 17.8 Å². The molecule has 0 unspecified atom stereocenters. The number of hydrogen-bond acceptors (Lipinski definition) is 6.